The van der Waals surface area contributed by atoms with Crippen molar-refractivity contribution in [2.24, 2.45) is 5.92 Å². The van der Waals surface area contributed by atoms with Crippen molar-refractivity contribution < 1.29 is 14.8 Å². The molecular formula is C22H32N6O3. The van der Waals surface area contributed by atoms with Gasteiger partial charge in [-0.15, -0.1) is 0 Å². The molecule has 2 amide bonds. The maximum Gasteiger partial charge on any atom is 0.257 e. The number of aromatic nitrogens is 2. The first-order chi connectivity index (χ1) is 15.1. The average molecular weight is 429 g/mol. The summed E-state index contributed by atoms with van der Waals surface area (Å²) < 4.78 is 0. The van der Waals surface area contributed by atoms with Crippen LogP contribution in [0.25, 0.3) is 10.9 Å². The summed E-state index contributed by atoms with van der Waals surface area (Å²) in [6.07, 6.45) is 9.64. The topological polar surface area (TPSA) is 114 Å². The highest BCUT2D eigenvalue weighted by Crippen LogP contribution is 2.28. The normalized spacial score (nSPS) is 20.0. The molecule has 0 radical (unpaired) electrons. The third-order valence-corrected chi connectivity index (χ3v) is 6.58. The van der Waals surface area contributed by atoms with Gasteiger partial charge in [0.25, 0.3) is 5.91 Å². The lowest BCUT2D eigenvalue weighted by molar-refractivity contribution is -0.131. The van der Waals surface area contributed by atoms with Crippen LogP contribution in [-0.2, 0) is 9.59 Å². The molecule has 9 heteroatoms. The molecule has 31 heavy (non-hydrogen) atoms. The number of carbonyl (C=O) groups is 2. The zero-order valence-corrected chi connectivity index (χ0v) is 17.8. The lowest BCUT2D eigenvalue weighted by Crippen LogP contribution is -2.48. The molecule has 1 aliphatic heterocycles. The highest BCUT2D eigenvalue weighted by atomic mass is 16.5. The minimum atomic E-state index is -0.417. The van der Waals surface area contributed by atoms with Gasteiger partial charge in [-0.3, -0.25) is 29.7 Å². The van der Waals surface area contributed by atoms with Crippen molar-refractivity contribution >= 4 is 28.4 Å². The lowest BCUT2D eigenvalue weighted by Gasteiger charge is -2.31. The van der Waals surface area contributed by atoms with Crippen LogP contribution >= 0.6 is 0 Å². The van der Waals surface area contributed by atoms with Crippen LogP contribution in [0.5, 0.6) is 0 Å². The van der Waals surface area contributed by atoms with Crippen molar-refractivity contribution in [2.75, 3.05) is 31.6 Å². The first-order valence-electron chi connectivity index (χ1n) is 11.3. The quantitative estimate of drug-likeness (QED) is 0.360. The number of H-pyrrole nitrogens is 1. The summed E-state index contributed by atoms with van der Waals surface area (Å²) in [5, 5.41) is 19.9. The Morgan fingerprint density at radius 2 is 2.06 bits per heavy atom. The van der Waals surface area contributed by atoms with E-state index in [-0.39, 0.29) is 18.5 Å². The van der Waals surface area contributed by atoms with E-state index in [0.29, 0.717) is 6.67 Å². The molecule has 2 aromatic rings. The molecule has 168 valence electrons. The Hall–Kier alpha value is -2.49. The minimum Gasteiger partial charge on any atom is -0.325 e. The van der Waals surface area contributed by atoms with Crippen LogP contribution in [0.3, 0.4) is 0 Å². The van der Waals surface area contributed by atoms with Gasteiger partial charge >= 0.3 is 0 Å². The van der Waals surface area contributed by atoms with Gasteiger partial charge in [0.15, 0.2) is 0 Å². The van der Waals surface area contributed by atoms with E-state index in [9.17, 15) is 9.59 Å². The molecule has 0 spiro atoms. The van der Waals surface area contributed by atoms with Gasteiger partial charge in [0, 0.05) is 24.2 Å². The first kappa shape index (κ1) is 21.7. The zero-order valence-electron chi connectivity index (χ0n) is 17.8. The van der Waals surface area contributed by atoms with Gasteiger partial charge in [-0.25, -0.2) is 5.48 Å². The number of nitrogens with zero attached hydrogens (tertiary/aromatic N) is 3. The zero-order chi connectivity index (χ0) is 21.6. The molecule has 1 aliphatic carbocycles. The van der Waals surface area contributed by atoms with Gasteiger partial charge in [0.2, 0.25) is 5.91 Å². The number of anilines is 1. The van der Waals surface area contributed by atoms with Crippen LogP contribution in [0.15, 0.2) is 24.4 Å². The molecule has 1 saturated heterocycles. The molecule has 1 atom stereocenters. The fourth-order valence-corrected chi connectivity index (χ4v) is 4.89. The van der Waals surface area contributed by atoms with E-state index in [4.69, 9.17) is 5.21 Å². The van der Waals surface area contributed by atoms with Crippen LogP contribution in [0.1, 0.15) is 44.9 Å². The molecule has 1 saturated carbocycles. The summed E-state index contributed by atoms with van der Waals surface area (Å²) in [5.74, 6) is 0.271. The summed E-state index contributed by atoms with van der Waals surface area (Å²) in [6.45, 7) is 2.28. The molecule has 9 nitrogen and oxygen atoms in total. The van der Waals surface area contributed by atoms with Gasteiger partial charge in [0.1, 0.15) is 0 Å². The second-order valence-corrected chi connectivity index (χ2v) is 8.80. The van der Waals surface area contributed by atoms with E-state index < -0.39 is 5.91 Å². The number of fused-ring (bicyclic) bond motifs is 1. The van der Waals surface area contributed by atoms with Crippen molar-refractivity contribution in [2.45, 2.75) is 51.0 Å². The Bertz CT molecular complexity index is 894. The Labute approximate surface area is 182 Å². The minimum absolute atomic E-state index is 0.0290. The molecule has 2 aliphatic rings. The molecule has 2 fully saturated rings. The highest BCUT2D eigenvalue weighted by Gasteiger charge is 2.32. The van der Waals surface area contributed by atoms with Gasteiger partial charge in [-0.2, -0.15) is 5.10 Å². The lowest BCUT2D eigenvalue weighted by atomic mass is 10.0. The molecule has 2 heterocycles. The molecular weight excluding hydrogens is 396 g/mol. The summed E-state index contributed by atoms with van der Waals surface area (Å²) >= 11 is 0. The highest BCUT2D eigenvalue weighted by molar-refractivity contribution is 5.96. The largest absolute Gasteiger partial charge is 0.325 e. The first-order valence-corrected chi connectivity index (χ1v) is 11.3. The number of hydrogen-bond donors (Lipinski definition) is 4. The van der Waals surface area contributed by atoms with Gasteiger partial charge in [-0.1, -0.05) is 25.7 Å². The SMILES string of the molecule is O=C(CN(CCC1CCCC1)CN1CCCC1C(=O)Nc1ccc2cn[nH]c2c1)NO. The number of carbonyl (C=O) groups excluding carboxylic acids is 2. The Kier molecular flexibility index (Phi) is 7.16. The number of rotatable bonds is 9. The van der Waals surface area contributed by atoms with Gasteiger partial charge < -0.3 is 5.32 Å². The van der Waals surface area contributed by atoms with E-state index in [1.165, 1.54) is 25.7 Å². The van der Waals surface area contributed by atoms with E-state index in [0.717, 1.165) is 54.9 Å². The summed E-state index contributed by atoms with van der Waals surface area (Å²) in [7, 11) is 0. The van der Waals surface area contributed by atoms with Crippen molar-refractivity contribution in [3.8, 4) is 0 Å². The van der Waals surface area contributed by atoms with E-state index in [1.54, 1.807) is 11.7 Å². The van der Waals surface area contributed by atoms with E-state index in [1.807, 2.05) is 23.1 Å². The van der Waals surface area contributed by atoms with Crippen LogP contribution in [0, 0.1) is 5.92 Å². The van der Waals surface area contributed by atoms with Crippen LogP contribution in [-0.4, -0.2) is 69.4 Å². The van der Waals surface area contributed by atoms with Crippen molar-refractivity contribution in [1.29, 1.82) is 0 Å². The van der Waals surface area contributed by atoms with Crippen LogP contribution < -0.4 is 10.8 Å². The van der Waals surface area contributed by atoms with Crippen molar-refractivity contribution in [3.05, 3.63) is 24.4 Å². The van der Waals surface area contributed by atoms with Crippen LogP contribution in [0.2, 0.25) is 0 Å². The predicted molar refractivity (Wildman–Crippen MR) is 117 cm³/mol. The second-order valence-electron chi connectivity index (χ2n) is 8.80. The van der Waals surface area contributed by atoms with Crippen molar-refractivity contribution in [1.82, 2.24) is 25.5 Å². The number of nitrogens with one attached hydrogen (secondary N) is 3. The third-order valence-electron chi connectivity index (χ3n) is 6.58. The molecule has 4 N–H and O–H groups in total. The molecule has 1 aromatic carbocycles. The number of aromatic amines is 1. The van der Waals surface area contributed by atoms with Gasteiger partial charge in [0.05, 0.1) is 31.0 Å². The van der Waals surface area contributed by atoms with Gasteiger partial charge in [-0.05, 0) is 43.4 Å². The number of hydrogen-bond acceptors (Lipinski definition) is 6. The fraction of sp³-hybridized carbons (Fsp3) is 0.591. The number of benzene rings is 1. The van der Waals surface area contributed by atoms with Crippen LogP contribution in [0.4, 0.5) is 5.69 Å². The molecule has 1 aromatic heterocycles. The second kappa shape index (κ2) is 10.2. The van der Waals surface area contributed by atoms with E-state index in [2.05, 4.69) is 20.4 Å². The maximum atomic E-state index is 13.0. The number of hydroxylamine groups is 1. The Morgan fingerprint density at radius 1 is 1.23 bits per heavy atom. The smallest absolute Gasteiger partial charge is 0.257 e. The fourth-order valence-electron chi connectivity index (χ4n) is 4.89. The molecule has 1 unspecified atom stereocenters. The summed E-state index contributed by atoms with van der Waals surface area (Å²) in [5.41, 5.74) is 3.37. The molecule has 0 bridgehead atoms. The third kappa shape index (κ3) is 5.61. The average Bonchev–Trinajstić information content (AvgIpc) is 3.53. The molecule has 4 rings (SSSR count). The standard InChI is InChI=1S/C22H32N6O3/c29-21(26-31)14-27(11-9-16-4-1-2-5-16)15-28-10-3-6-20(28)22(30)24-18-8-7-17-13-23-25-19(17)12-18/h7-8,12-13,16,20,31H,1-6,9-11,14-15H2,(H,23,25)(H,24,30)(H,26,29). The summed E-state index contributed by atoms with van der Waals surface area (Å²) in [4.78, 5) is 29.0. The maximum absolute atomic E-state index is 13.0. The number of likely N-dealkylation sites (tertiary alicyclic amines) is 1. The Morgan fingerprint density at radius 3 is 2.87 bits per heavy atom. The summed E-state index contributed by atoms with van der Waals surface area (Å²) in [6, 6.07) is 5.47. The van der Waals surface area contributed by atoms with Crippen molar-refractivity contribution in [3.63, 3.8) is 0 Å². The Balaban J connectivity index is 1.37. The number of amides is 2. The monoisotopic (exact) mass is 428 g/mol. The predicted octanol–water partition coefficient (Wildman–Crippen LogP) is 2.31. The van der Waals surface area contributed by atoms with E-state index >= 15 is 0 Å².